The maximum absolute atomic E-state index is 12.7. The zero-order valence-corrected chi connectivity index (χ0v) is 15.5. The van der Waals surface area contributed by atoms with Crippen LogP contribution in [0.15, 0.2) is 53.4 Å². The first-order chi connectivity index (χ1) is 11.9. The fraction of sp³-hybridized carbons (Fsp3) is 0.316. The largest absolute Gasteiger partial charge is 0.426 e. The number of para-hydroxylation sites is 1. The van der Waals surface area contributed by atoms with Gasteiger partial charge in [-0.15, -0.1) is 0 Å². The van der Waals surface area contributed by atoms with E-state index in [0.29, 0.717) is 25.3 Å². The second-order valence-electron chi connectivity index (χ2n) is 5.61. The van der Waals surface area contributed by atoms with Gasteiger partial charge in [-0.3, -0.25) is 4.79 Å². The van der Waals surface area contributed by atoms with Crippen LogP contribution in [0, 0.1) is 0 Å². The van der Waals surface area contributed by atoms with Crippen molar-refractivity contribution in [3.63, 3.8) is 0 Å². The lowest BCUT2D eigenvalue weighted by atomic mass is 10.0. The summed E-state index contributed by atoms with van der Waals surface area (Å²) in [6, 6.07) is 14.1. The number of carbonyl (C=O) groups is 1. The fourth-order valence-electron chi connectivity index (χ4n) is 2.65. The van der Waals surface area contributed by atoms with Crippen LogP contribution < -0.4 is 4.74 Å². The van der Waals surface area contributed by atoms with Crippen LogP contribution in [0.2, 0.25) is 0 Å². The Morgan fingerprint density at radius 1 is 1.04 bits per heavy atom. The molecule has 5 nitrogen and oxygen atoms in total. The van der Waals surface area contributed by atoms with E-state index in [1.165, 1.54) is 11.2 Å². The number of sulfonamides is 1. The Balaban J connectivity index is 2.33. The number of esters is 1. The Hall–Kier alpha value is -2.18. The summed E-state index contributed by atoms with van der Waals surface area (Å²) in [4.78, 5) is 11.5. The van der Waals surface area contributed by atoms with Crippen molar-refractivity contribution in [1.29, 1.82) is 0 Å². The molecular formula is C19H23NO4S. The lowest BCUT2D eigenvalue weighted by Gasteiger charge is -2.19. The zero-order chi connectivity index (χ0) is 18.4. The molecule has 6 heteroatoms. The number of carbonyl (C=O) groups excluding carboxylic acids is 1. The summed E-state index contributed by atoms with van der Waals surface area (Å²) in [5.41, 5.74) is 1.67. The van der Waals surface area contributed by atoms with E-state index in [1.807, 2.05) is 32.0 Å². The second kappa shape index (κ2) is 8.27. The normalized spacial score (nSPS) is 11.5. The van der Waals surface area contributed by atoms with E-state index >= 15 is 0 Å². The molecule has 0 saturated heterocycles. The molecule has 0 N–H and O–H groups in total. The van der Waals surface area contributed by atoms with E-state index in [-0.39, 0.29) is 10.9 Å². The van der Waals surface area contributed by atoms with Crippen LogP contribution in [-0.2, 0) is 21.2 Å². The first-order valence-electron chi connectivity index (χ1n) is 8.23. The molecule has 0 spiro atoms. The van der Waals surface area contributed by atoms with Crippen LogP contribution in [0.5, 0.6) is 5.75 Å². The molecule has 0 unspecified atom stereocenters. The van der Waals surface area contributed by atoms with Gasteiger partial charge in [0.15, 0.2) is 0 Å². The predicted molar refractivity (Wildman–Crippen MR) is 97.1 cm³/mol. The molecule has 0 atom stereocenters. The van der Waals surface area contributed by atoms with Crippen LogP contribution >= 0.6 is 0 Å². The highest BCUT2D eigenvalue weighted by Gasteiger charge is 2.21. The van der Waals surface area contributed by atoms with Gasteiger partial charge in [0.1, 0.15) is 5.75 Å². The highest BCUT2D eigenvalue weighted by Crippen LogP contribution is 2.24. The average molecular weight is 361 g/mol. The number of hydrogen-bond acceptors (Lipinski definition) is 4. The topological polar surface area (TPSA) is 63.7 Å². The van der Waals surface area contributed by atoms with Gasteiger partial charge in [0.2, 0.25) is 10.0 Å². The third kappa shape index (κ3) is 4.67. The fourth-order valence-corrected chi connectivity index (χ4v) is 4.18. The summed E-state index contributed by atoms with van der Waals surface area (Å²) >= 11 is 0. The molecule has 0 saturated carbocycles. The van der Waals surface area contributed by atoms with Crippen LogP contribution in [-0.4, -0.2) is 31.8 Å². The van der Waals surface area contributed by atoms with E-state index in [0.717, 1.165) is 11.1 Å². The Morgan fingerprint density at radius 3 is 2.36 bits per heavy atom. The quantitative estimate of drug-likeness (QED) is 0.561. The molecule has 2 aromatic carbocycles. The number of ether oxygens (including phenoxy) is 1. The molecule has 0 aliphatic carbocycles. The van der Waals surface area contributed by atoms with E-state index < -0.39 is 10.0 Å². The van der Waals surface area contributed by atoms with Crippen molar-refractivity contribution in [3.05, 3.63) is 59.7 Å². The molecule has 0 heterocycles. The van der Waals surface area contributed by atoms with Gasteiger partial charge < -0.3 is 4.74 Å². The minimum Gasteiger partial charge on any atom is -0.426 e. The van der Waals surface area contributed by atoms with Gasteiger partial charge in [-0.25, -0.2) is 8.42 Å². The maximum atomic E-state index is 12.7. The van der Waals surface area contributed by atoms with Crippen LogP contribution in [0.4, 0.5) is 0 Å². The molecule has 0 radical (unpaired) electrons. The van der Waals surface area contributed by atoms with E-state index in [9.17, 15) is 13.2 Å². The predicted octanol–water partition coefficient (Wildman–Crippen LogP) is 3.23. The summed E-state index contributed by atoms with van der Waals surface area (Å²) in [6.45, 7) is 5.85. The standard InChI is InChI=1S/C19H23NO4S/c1-4-20(5-2)25(22,23)18-11-8-9-16(14-18)13-17-10-6-7-12-19(17)24-15(3)21/h6-12,14H,4-5,13H2,1-3H3. The van der Waals surface area contributed by atoms with Gasteiger partial charge >= 0.3 is 5.97 Å². The third-order valence-electron chi connectivity index (χ3n) is 3.86. The average Bonchev–Trinajstić information content (AvgIpc) is 2.57. The summed E-state index contributed by atoms with van der Waals surface area (Å²) in [7, 11) is -3.50. The molecule has 2 aromatic rings. The molecule has 0 aromatic heterocycles. The number of nitrogens with zero attached hydrogens (tertiary/aromatic N) is 1. The first kappa shape index (κ1) is 19.1. The van der Waals surface area contributed by atoms with Crippen molar-refractivity contribution >= 4 is 16.0 Å². The second-order valence-corrected chi connectivity index (χ2v) is 7.55. The zero-order valence-electron chi connectivity index (χ0n) is 14.7. The van der Waals surface area contributed by atoms with Gasteiger partial charge in [-0.1, -0.05) is 44.2 Å². The van der Waals surface area contributed by atoms with E-state index in [4.69, 9.17) is 4.74 Å². The van der Waals surface area contributed by atoms with Crippen molar-refractivity contribution in [1.82, 2.24) is 4.31 Å². The molecule has 134 valence electrons. The van der Waals surface area contributed by atoms with Crippen molar-refractivity contribution in [3.8, 4) is 5.75 Å². The van der Waals surface area contributed by atoms with Crippen LogP contribution in [0.1, 0.15) is 31.9 Å². The maximum Gasteiger partial charge on any atom is 0.308 e. The summed E-state index contributed by atoms with van der Waals surface area (Å²) in [6.07, 6.45) is 0.477. The van der Waals surface area contributed by atoms with E-state index in [2.05, 4.69) is 0 Å². The van der Waals surface area contributed by atoms with Crippen LogP contribution in [0.25, 0.3) is 0 Å². The van der Waals surface area contributed by atoms with Crippen molar-refractivity contribution in [2.24, 2.45) is 0 Å². The third-order valence-corrected chi connectivity index (χ3v) is 5.91. The first-order valence-corrected chi connectivity index (χ1v) is 9.67. The molecule has 0 aliphatic heterocycles. The number of benzene rings is 2. The van der Waals surface area contributed by atoms with Gasteiger partial charge in [0.25, 0.3) is 0 Å². The van der Waals surface area contributed by atoms with Crippen molar-refractivity contribution < 1.29 is 17.9 Å². The lowest BCUT2D eigenvalue weighted by Crippen LogP contribution is -2.30. The van der Waals surface area contributed by atoms with E-state index in [1.54, 1.807) is 30.3 Å². The molecule has 2 rings (SSSR count). The molecular weight excluding hydrogens is 338 g/mol. The molecule has 0 aliphatic rings. The monoisotopic (exact) mass is 361 g/mol. The smallest absolute Gasteiger partial charge is 0.308 e. The van der Waals surface area contributed by atoms with Gasteiger partial charge in [-0.2, -0.15) is 4.31 Å². The summed E-state index contributed by atoms with van der Waals surface area (Å²) in [5, 5.41) is 0. The Labute approximate surface area is 149 Å². The highest BCUT2D eigenvalue weighted by molar-refractivity contribution is 7.89. The van der Waals surface area contributed by atoms with Crippen LogP contribution in [0.3, 0.4) is 0 Å². The van der Waals surface area contributed by atoms with Crippen molar-refractivity contribution in [2.45, 2.75) is 32.1 Å². The minimum atomic E-state index is -3.50. The summed E-state index contributed by atoms with van der Waals surface area (Å²) < 4.78 is 32.0. The Morgan fingerprint density at radius 2 is 1.72 bits per heavy atom. The molecule has 0 bridgehead atoms. The minimum absolute atomic E-state index is 0.277. The lowest BCUT2D eigenvalue weighted by molar-refractivity contribution is -0.131. The highest BCUT2D eigenvalue weighted by atomic mass is 32.2. The number of rotatable bonds is 7. The molecule has 0 fully saturated rings. The van der Waals surface area contributed by atoms with Gasteiger partial charge in [-0.05, 0) is 29.3 Å². The molecule has 25 heavy (non-hydrogen) atoms. The Kier molecular flexibility index (Phi) is 6.33. The van der Waals surface area contributed by atoms with Gasteiger partial charge in [0, 0.05) is 26.4 Å². The van der Waals surface area contributed by atoms with Crippen molar-refractivity contribution in [2.75, 3.05) is 13.1 Å². The summed E-state index contributed by atoms with van der Waals surface area (Å²) in [5.74, 6) is 0.109. The number of hydrogen-bond donors (Lipinski definition) is 0. The Bertz CT molecular complexity index is 842. The SMILES string of the molecule is CCN(CC)S(=O)(=O)c1cccc(Cc2ccccc2OC(C)=O)c1. The van der Waals surface area contributed by atoms with Gasteiger partial charge in [0.05, 0.1) is 4.90 Å². The molecule has 0 amide bonds.